The van der Waals surface area contributed by atoms with Crippen molar-refractivity contribution in [2.45, 2.75) is 25.9 Å². The van der Waals surface area contributed by atoms with Gasteiger partial charge in [-0.1, -0.05) is 0 Å². The Balaban J connectivity index is 3.54. The molecule has 0 rings (SSSR count). The minimum absolute atomic E-state index is 0.0419. The number of hydrogen-bond acceptors (Lipinski definition) is 4. The molecule has 64 valence electrons. The van der Waals surface area contributed by atoms with Crippen LogP contribution in [0.15, 0.2) is 0 Å². The molecule has 0 fully saturated rings. The standard InChI is InChI=1S/C7H12O4/c1-5(8)6(9)3-4-7(10)11-2/h5,8H,3-4H2,1-2H3. The number of ether oxygens (including phenoxy) is 1. The molecule has 0 aliphatic carbocycles. The maximum Gasteiger partial charge on any atom is 0.305 e. The van der Waals surface area contributed by atoms with E-state index in [-0.39, 0.29) is 18.6 Å². The molecule has 0 bridgehead atoms. The third-order valence-electron chi connectivity index (χ3n) is 1.27. The molecule has 4 heteroatoms. The number of carbonyl (C=O) groups excluding carboxylic acids is 2. The number of methoxy groups -OCH3 is 1. The lowest BCUT2D eigenvalue weighted by molar-refractivity contribution is -0.142. The highest BCUT2D eigenvalue weighted by Gasteiger charge is 2.10. The molecule has 0 spiro atoms. The van der Waals surface area contributed by atoms with Crippen LogP contribution in [-0.2, 0) is 14.3 Å². The van der Waals surface area contributed by atoms with Gasteiger partial charge in [-0.15, -0.1) is 0 Å². The smallest absolute Gasteiger partial charge is 0.305 e. The fraction of sp³-hybridized carbons (Fsp3) is 0.714. The van der Waals surface area contributed by atoms with Gasteiger partial charge in [-0.25, -0.2) is 0 Å². The Morgan fingerprint density at radius 3 is 2.36 bits per heavy atom. The van der Waals surface area contributed by atoms with Crippen LogP contribution in [-0.4, -0.2) is 30.1 Å². The minimum atomic E-state index is -0.986. The molecule has 0 aromatic carbocycles. The third-order valence-corrected chi connectivity index (χ3v) is 1.27. The molecular weight excluding hydrogens is 148 g/mol. The first-order chi connectivity index (χ1) is 5.07. The summed E-state index contributed by atoms with van der Waals surface area (Å²) in [6, 6.07) is 0. The van der Waals surface area contributed by atoms with Crippen molar-refractivity contribution in [3.8, 4) is 0 Å². The highest BCUT2D eigenvalue weighted by molar-refractivity contribution is 5.85. The van der Waals surface area contributed by atoms with Gasteiger partial charge in [-0.3, -0.25) is 9.59 Å². The molecule has 0 aliphatic rings. The van der Waals surface area contributed by atoms with Crippen LogP contribution in [0.2, 0.25) is 0 Å². The fourth-order valence-electron chi connectivity index (χ4n) is 0.536. The molecule has 1 N–H and O–H groups in total. The lowest BCUT2D eigenvalue weighted by Gasteiger charge is -2.01. The van der Waals surface area contributed by atoms with Gasteiger partial charge in [0.1, 0.15) is 6.10 Å². The highest BCUT2D eigenvalue weighted by atomic mass is 16.5. The Hall–Kier alpha value is -0.900. The van der Waals surface area contributed by atoms with Gasteiger partial charge >= 0.3 is 5.97 Å². The Kier molecular flexibility index (Phi) is 4.45. The zero-order valence-electron chi connectivity index (χ0n) is 6.66. The number of aliphatic hydroxyl groups excluding tert-OH is 1. The van der Waals surface area contributed by atoms with Gasteiger partial charge in [0.05, 0.1) is 13.5 Å². The summed E-state index contributed by atoms with van der Waals surface area (Å²) >= 11 is 0. The van der Waals surface area contributed by atoms with Gasteiger partial charge < -0.3 is 9.84 Å². The molecule has 11 heavy (non-hydrogen) atoms. The van der Waals surface area contributed by atoms with Gasteiger partial charge in [0.25, 0.3) is 0 Å². The zero-order chi connectivity index (χ0) is 8.85. The maximum absolute atomic E-state index is 10.7. The molecule has 0 radical (unpaired) electrons. The van der Waals surface area contributed by atoms with Crippen LogP contribution >= 0.6 is 0 Å². The number of aliphatic hydroxyl groups is 1. The van der Waals surface area contributed by atoms with Gasteiger partial charge in [-0.2, -0.15) is 0 Å². The predicted octanol–water partition coefficient (Wildman–Crippen LogP) is -0.111. The van der Waals surface area contributed by atoms with Crippen molar-refractivity contribution in [3.05, 3.63) is 0 Å². The van der Waals surface area contributed by atoms with Crippen LogP contribution in [0.4, 0.5) is 0 Å². The Bertz CT molecular complexity index is 151. The summed E-state index contributed by atoms with van der Waals surface area (Å²) in [6.45, 7) is 1.37. The molecule has 0 aromatic rings. The molecule has 1 unspecified atom stereocenters. The Morgan fingerprint density at radius 1 is 1.45 bits per heavy atom. The third kappa shape index (κ3) is 4.50. The largest absolute Gasteiger partial charge is 0.469 e. The average Bonchev–Trinajstić information content (AvgIpc) is 1.99. The number of hydrogen-bond donors (Lipinski definition) is 1. The SMILES string of the molecule is COC(=O)CCC(=O)C(C)O. The topological polar surface area (TPSA) is 63.6 Å². The van der Waals surface area contributed by atoms with E-state index in [9.17, 15) is 9.59 Å². The highest BCUT2D eigenvalue weighted by Crippen LogP contribution is 1.96. The number of ketones is 1. The Morgan fingerprint density at radius 2 is 2.00 bits per heavy atom. The summed E-state index contributed by atoms with van der Waals surface area (Å²) in [6.07, 6.45) is -0.899. The van der Waals surface area contributed by atoms with Gasteiger partial charge in [0, 0.05) is 6.42 Å². The monoisotopic (exact) mass is 160 g/mol. The molecule has 0 saturated heterocycles. The van der Waals surface area contributed by atoms with Crippen LogP contribution in [0, 0.1) is 0 Å². The summed E-state index contributed by atoms with van der Waals surface area (Å²) in [7, 11) is 1.26. The van der Waals surface area contributed by atoms with E-state index < -0.39 is 12.1 Å². The predicted molar refractivity (Wildman–Crippen MR) is 37.9 cm³/mol. The van der Waals surface area contributed by atoms with Crippen molar-refractivity contribution in [1.82, 2.24) is 0 Å². The fourth-order valence-corrected chi connectivity index (χ4v) is 0.536. The number of rotatable bonds is 4. The van der Waals surface area contributed by atoms with E-state index in [1.807, 2.05) is 0 Å². The van der Waals surface area contributed by atoms with Crippen LogP contribution in [0.3, 0.4) is 0 Å². The molecule has 0 amide bonds. The molecular formula is C7H12O4. The van der Waals surface area contributed by atoms with Crippen molar-refractivity contribution < 1.29 is 19.4 Å². The van der Waals surface area contributed by atoms with E-state index in [0.717, 1.165) is 0 Å². The van der Waals surface area contributed by atoms with Crippen molar-refractivity contribution in [3.63, 3.8) is 0 Å². The van der Waals surface area contributed by atoms with E-state index in [0.29, 0.717) is 0 Å². The summed E-state index contributed by atoms with van der Waals surface area (Å²) in [5.74, 6) is -0.769. The lowest BCUT2D eigenvalue weighted by Crippen LogP contribution is -2.17. The van der Waals surface area contributed by atoms with Crippen molar-refractivity contribution >= 4 is 11.8 Å². The van der Waals surface area contributed by atoms with E-state index >= 15 is 0 Å². The van der Waals surface area contributed by atoms with Crippen LogP contribution < -0.4 is 0 Å². The number of Topliss-reactive ketones (excluding diaryl/α,β-unsaturated/α-hetero) is 1. The average molecular weight is 160 g/mol. The van der Waals surface area contributed by atoms with E-state index in [1.165, 1.54) is 14.0 Å². The number of carbonyl (C=O) groups is 2. The second kappa shape index (κ2) is 4.85. The summed E-state index contributed by atoms with van der Waals surface area (Å²) < 4.78 is 4.31. The normalized spacial score (nSPS) is 12.3. The lowest BCUT2D eigenvalue weighted by atomic mass is 10.1. The Labute approximate surface area is 65.2 Å². The van der Waals surface area contributed by atoms with Gasteiger partial charge in [0.2, 0.25) is 0 Å². The second-order valence-electron chi connectivity index (χ2n) is 2.22. The first-order valence-electron chi connectivity index (χ1n) is 3.35. The van der Waals surface area contributed by atoms with Crippen molar-refractivity contribution in [2.75, 3.05) is 7.11 Å². The van der Waals surface area contributed by atoms with Gasteiger partial charge in [0.15, 0.2) is 5.78 Å². The molecule has 0 aliphatic heterocycles. The minimum Gasteiger partial charge on any atom is -0.469 e. The summed E-state index contributed by atoms with van der Waals surface area (Å²) in [5.41, 5.74) is 0. The molecule has 4 nitrogen and oxygen atoms in total. The van der Waals surface area contributed by atoms with Crippen LogP contribution in [0.5, 0.6) is 0 Å². The van der Waals surface area contributed by atoms with Crippen molar-refractivity contribution in [2.24, 2.45) is 0 Å². The molecule has 0 saturated carbocycles. The zero-order valence-corrected chi connectivity index (χ0v) is 6.66. The second-order valence-corrected chi connectivity index (χ2v) is 2.22. The first-order valence-corrected chi connectivity index (χ1v) is 3.35. The number of esters is 1. The molecule has 1 atom stereocenters. The van der Waals surface area contributed by atoms with E-state index in [2.05, 4.69) is 4.74 Å². The van der Waals surface area contributed by atoms with Gasteiger partial charge in [-0.05, 0) is 6.92 Å². The summed E-state index contributed by atoms with van der Waals surface area (Å²) in [4.78, 5) is 21.2. The van der Waals surface area contributed by atoms with E-state index in [4.69, 9.17) is 5.11 Å². The quantitative estimate of drug-likeness (QED) is 0.583. The van der Waals surface area contributed by atoms with Crippen LogP contribution in [0.1, 0.15) is 19.8 Å². The molecule has 0 aromatic heterocycles. The maximum atomic E-state index is 10.7. The van der Waals surface area contributed by atoms with Crippen LogP contribution in [0.25, 0.3) is 0 Å². The van der Waals surface area contributed by atoms with E-state index in [1.54, 1.807) is 0 Å². The summed E-state index contributed by atoms with van der Waals surface area (Å²) in [5, 5.41) is 8.70. The first kappa shape index (κ1) is 10.1. The molecule has 0 heterocycles. The van der Waals surface area contributed by atoms with Crippen molar-refractivity contribution in [1.29, 1.82) is 0 Å².